The van der Waals surface area contributed by atoms with Gasteiger partial charge in [-0.2, -0.15) is 0 Å². The molecule has 0 N–H and O–H groups in total. The van der Waals surface area contributed by atoms with Crippen LogP contribution in [-0.4, -0.2) is 81.9 Å². The molecule has 0 spiro atoms. The Morgan fingerprint density at radius 2 is 1.49 bits per heavy atom. The molecule has 0 aliphatic carbocycles. The zero-order valence-corrected chi connectivity index (χ0v) is 21.1. The normalized spacial score (nSPS) is 16.7. The molecule has 0 saturated carbocycles. The summed E-state index contributed by atoms with van der Waals surface area (Å²) in [6.45, 7) is 5.05. The van der Waals surface area contributed by atoms with Crippen LogP contribution >= 0.6 is 0 Å². The number of piperazine rings is 1. The van der Waals surface area contributed by atoms with Gasteiger partial charge in [0.25, 0.3) is 5.91 Å². The summed E-state index contributed by atoms with van der Waals surface area (Å²) in [5.41, 5.74) is 0.101. The molecule has 10 nitrogen and oxygen atoms in total. The third-order valence-electron chi connectivity index (χ3n) is 6.43. The van der Waals surface area contributed by atoms with Crippen molar-refractivity contribution in [2.45, 2.75) is 11.5 Å². The van der Waals surface area contributed by atoms with E-state index in [-0.39, 0.29) is 23.0 Å². The van der Waals surface area contributed by atoms with E-state index in [4.69, 9.17) is 9.15 Å². The number of anilines is 2. The van der Waals surface area contributed by atoms with E-state index in [1.165, 1.54) is 30.3 Å². The minimum Gasteiger partial charge on any atom is -0.455 e. The SMILES string of the molecule is O=C(c1ccc(CS(=O)(=O)Cc2ccccc2F)o1)N1CCN(c2ccc(N3CCOCC3)nn2)CC1. The highest BCUT2D eigenvalue weighted by Gasteiger charge is 2.26. The Kier molecular flexibility index (Phi) is 7.38. The van der Waals surface area contributed by atoms with E-state index < -0.39 is 27.2 Å². The van der Waals surface area contributed by atoms with Gasteiger partial charge in [-0.3, -0.25) is 4.79 Å². The fourth-order valence-electron chi connectivity index (χ4n) is 4.43. The number of hydrogen-bond donors (Lipinski definition) is 0. The fourth-order valence-corrected chi connectivity index (χ4v) is 5.83. The van der Waals surface area contributed by atoms with E-state index in [2.05, 4.69) is 20.0 Å². The maximum absolute atomic E-state index is 13.9. The molecule has 2 aromatic heterocycles. The first-order chi connectivity index (χ1) is 17.9. The van der Waals surface area contributed by atoms with Crippen molar-refractivity contribution in [1.82, 2.24) is 15.1 Å². The molecule has 3 aromatic rings. The second-order valence-corrected chi connectivity index (χ2v) is 11.1. The lowest BCUT2D eigenvalue weighted by Gasteiger charge is -2.35. The molecule has 2 aliphatic rings. The molecule has 2 fully saturated rings. The first-order valence-electron chi connectivity index (χ1n) is 12.1. The van der Waals surface area contributed by atoms with Crippen LogP contribution in [-0.2, 0) is 26.1 Å². The van der Waals surface area contributed by atoms with Crippen molar-refractivity contribution in [2.75, 3.05) is 62.3 Å². The standard InChI is InChI=1S/C25H28FN5O5S/c26-21-4-2-1-3-19(21)17-37(33,34)18-20-5-6-22(36-20)25(32)31-11-9-29(10-12-31)23-7-8-24(28-27-23)30-13-15-35-16-14-30/h1-8H,9-18H2. The van der Waals surface area contributed by atoms with Crippen LogP contribution in [0.3, 0.4) is 0 Å². The summed E-state index contributed by atoms with van der Waals surface area (Å²) in [5, 5.41) is 8.73. The van der Waals surface area contributed by atoms with Gasteiger partial charge in [0.05, 0.1) is 19.0 Å². The summed E-state index contributed by atoms with van der Waals surface area (Å²) < 4.78 is 49.9. The highest BCUT2D eigenvalue weighted by molar-refractivity contribution is 7.89. The molecule has 196 valence electrons. The van der Waals surface area contributed by atoms with Crippen molar-refractivity contribution in [2.24, 2.45) is 0 Å². The maximum Gasteiger partial charge on any atom is 0.289 e. The number of carbonyl (C=O) groups is 1. The van der Waals surface area contributed by atoms with Crippen LogP contribution in [0.2, 0.25) is 0 Å². The van der Waals surface area contributed by atoms with Crippen LogP contribution in [0.15, 0.2) is 52.9 Å². The average molecular weight is 530 g/mol. The largest absolute Gasteiger partial charge is 0.455 e. The van der Waals surface area contributed by atoms with Gasteiger partial charge in [0, 0.05) is 44.8 Å². The van der Waals surface area contributed by atoms with Crippen LogP contribution in [0.1, 0.15) is 21.9 Å². The molecule has 37 heavy (non-hydrogen) atoms. The first kappa shape index (κ1) is 25.2. The van der Waals surface area contributed by atoms with Crippen LogP contribution in [0.5, 0.6) is 0 Å². The van der Waals surface area contributed by atoms with Gasteiger partial charge >= 0.3 is 0 Å². The molecule has 12 heteroatoms. The number of sulfone groups is 1. The van der Waals surface area contributed by atoms with Crippen molar-refractivity contribution < 1.29 is 26.8 Å². The number of furan rings is 1. The second kappa shape index (κ2) is 10.9. The molecule has 0 bridgehead atoms. The summed E-state index contributed by atoms with van der Waals surface area (Å²) in [6.07, 6.45) is 0. The fraction of sp³-hybridized carbons (Fsp3) is 0.400. The predicted molar refractivity (Wildman–Crippen MR) is 135 cm³/mol. The number of aromatic nitrogens is 2. The predicted octanol–water partition coefficient (Wildman–Crippen LogP) is 2.12. The average Bonchev–Trinajstić information content (AvgIpc) is 3.38. The molecule has 0 radical (unpaired) electrons. The van der Waals surface area contributed by atoms with Gasteiger partial charge < -0.3 is 23.9 Å². The zero-order chi connectivity index (χ0) is 25.8. The summed E-state index contributed by atoms with van der Waals surface area (Å²) >= 11 is 0. The lowest BCUT2D eigenvalue weighted by molar-refractivity contribution is 0.0712. The Balaban J connectivity index is 1.15. The quantitative estimate of drug-likeness (QED) is 0.455. The molecule has 1 aromatic carbocycles. The van der Waals surface area contributed by atoms with Crippen molar-refractivity contribution in [3.63, 3.8) is 0 Å². The summed E-state index contributed by atoms with van der Waals surface area (Å²) in [5.74, 6) is 0.0809. The number of morpholine rings is 1. The minimum atomic E-state index is -3.68. The Bertz CT molecular complexity index is 1330. The Morgan fingerprint density at radius 1 is 0.838 bits per heavy atom. The van der Waals surface area contributed by atoms with E-state index in [0.717, 1.165) is 24.7 Å². The molecule has 5 rings (SSSR count). The minimum absolute atomic E-state index is 0.0826. The molecular formula is C25H28FN5O5S. The van der Waals surface area contributed by atoms with Gasteiger partial charge in [-0.1, -0.05) is 18.2 Å². The van der Waals surface area contributed by atoms with Gasteiger partial charge in [-0.05, 0) is 30.3 Å². The van der Waals surface area contributed by atoms with E-state index >= 15 is 0 Å². The zero-order valence-electron chi connectivity index (χ0n) is 20.3. The van der Waals surface area contributed by atoms with Gasteiger partial charge in [0.2, 0.25) is 0 Å². The molecular weight excluding hydrogens is 501 g/mol. The van der Waals surface area contributed by atoms with Crippen molar-refractivity contribution in [3.05, 3.63) is 71.4 Å². The molecule has 2 aliphatic heterocycles. The monoisotopic (exact) mass is 529 g/mol. The van der Waals surface area contributed by atoms with Crippen molar-refractivity contribution in [1.29, 1.82) is 0 Å². The summed E-state index contributed by atoms with van der Waals surface area (Å²) in [7, 11) is -3.68. The van der Waals surface area contributed by atoms with Gasteiger partial charge in [-0.15, -0.1) is 10.2 Å². The maximum atomic E-state index is 13.9. The second-order valence-electron chi connectivity index (χ2n) is 9.02. The summed E-state index contributed by atoms with van der Waals surface area (Å²) in [4.78, 5) is 18.8. The Morgan fingerprint density at radius 3 is 2.14 bits per heavy atom. The van der Waals surface area contributed by atoms with Crippen molar-refractivity contribution >= 4 is 27.4 Å². The highest BCUT2D eigenvalue weighted by Crippen LogP contribution is 2.20. The van der Waals surface area contributed by atoms with E-state index in [0.29, 0.717) is 39.4 Å². The number of benzene rings is 1. The number of hydrogen-bond acceptors (Lipinski definition) is 9. The van der Waals surface area contributed by atoms with Crippen LogP contribution in [0.25, 0.3) is 0 Å². The number of halogens is 1. The highest BCUT2D eigenvalue weighted by atomic mass is 32.2. The van der Waals surface area contributed by atoms with E-state index in [1.54, 1.807) is 11.0 Å². The van der Waals surface area contributed by atoms with Crippen LogP contribution in [0, 0.1) is 5.82 Å². The third kappa shape index (κ3) is 6.08. The van der Waals surface area contributed by atoms with Gasteiger partial charge in [0.1, 0.15) is 17.3 Å². The Hall–Kier alpha value is -3.51. The smallest absolute Gasteiger partial charge is 0.289 e. The molecule has 1 amide bonds. The first-order valence-corrected chi connectivity index (χ1v) is 13.9. The molecule has 0 atom stereocenters. The molecule has 4 heterocycles. The number of carbonyl (C=O) groups excluding carboxylic acids is 1. The lowest BCUT2D eigenvalue weighted by Crippen LogP contribution is -2.49. The van der Waals surface area contributed by atoms with Crippen molar-refractivity contribution in [3.8, 4) is 0 Å². The van der Waals surface area contributed by atoms with E-state index in [1.807, 2.05) is 12.1 Å². The van der Waals surface area contributed by atoms with Gasteiger partial charge in [0.15, 0.2) is 27.2 Å². The number of ether oxygens (including phenoxy) is 1. The summed E-state index contributed by atoms with van der Waals surface area (Å²) in [6, 6.07) is 12.6. The van der Waals surface area contributed by atoms with Crippen LogP contribution in [0.4, 0.5) is 16.0 Å². The van der Waals surface area contributed by atoms with Crippen LogP contribution < -0.4 is 9.80 Å². The Labute approximate surface area is 214 Å². The number of amides is 1. The molecule has 0 unspecified atom stereocenters. The lowest BCUT2D eigenvalue weighted by atomic mass is 10.2. The molecule has 2 saturated heterocycles. The number of rotatable bonds is 7. The van der Waals surface area contributed by atoms with Gasteiger partial charge in [-0.25, -0.2) is 12.8 Å². The third-order valence-corrected chi connectivity index (χ3v) is 7.91. The van der Waals surface area contributed by atoms with E-state index in [9.17, 15) is 17.6 Å². The number of nitrogens with zero attached hydrogens (tertiary/aromatic N) is 5. The topological polar surface area (TPSA) is 109 Å².